The number of hydrogen-bond donors (Lipinski definition) is 4. The van der Waals surface area contributed by atoms with Gasteiger partial charge in [0.1, 0.15) is 11.7 Å². The zero-order valence-corrected chi connectivity index (χ0v) is 24.9. The maximum Gasteiger partial charge on any atom is 0.293 e. The minimum absolute atomic E-state index is 0.0559. The highest BCUT2D eigenvalue weighted by Crippen LogP contribution is 2.32. The second-order valence-electron chi connectivity index (χ2n) is 10.8. The molecule has 2 amide bonds. The van der Waals surface area contributed by atoms with Gasteiger partial charge in [0.2, 0.25) is 11.7 Å². The number of nitrogens with zero attached hydrogens (tertiary/aromatic N) is 4. The van der Waals surface area contributed by atoms with Crippen LogP contribution in [0.3, 0.4) is 0 Å². The van der Waals surface area contributed by atoms with Crippen molar-refractivity contribution >= 4 is 35.4 Å². The van der Waals surface area contributed by atoms with Gasteiger partial charge in [-0.3, -0.25) is 18.8 Å². The van der Waals surface area contributed by atoms with Gasteiger partial charge in [-0.05, 0) is 49.7 Å². The predicted molar refractivity (Wildman–Crippen MR) is 161 cm³/mol. The van der Waals surface area contributed by atoms with Crippen LogP contribution in [0.2, 0.25) is 0 Å². The highest BCUT2D eigenvalue weighted by atomic mass is 19.2. The SMILES string of the molecule is Cc1cc(Nc2nccn3c(-c4ccc(OCC#N)c(F)c4F)cnc23)ccc1C(=O)NCCNC(=O)[C@@H]1C[C@](C)(OC=O)CN1. The Hall–Kier alpha value is -5.62. The lowest BCUT2D eigenvalue weighted by molar-refractivity contribution is -0.140. The van der Waals surface area contributed by atoms with Gasteiger partial charge in [0.25, 0.3) is 12.4 Å². The van der Waals surface area contributed by atoms with Crippen molar-refractivity contribution in [3.05, 3.63) is 71.7 Å². The predicted octanol–water partition coefficient (Wildman–Crippen LogP) is 2.77. The Labute approximate surface area is 261 Å². The number of fused-ring (bicyclic) bond motifs is 1. The lowest BCUT2D eigenvalue weighted by Gasteiger charge is -2.20. The fraction of sp³-hybridized carbons (Fsp3) is 0.290. The first-order chi connectivity index (χ1) is 22.1. The Balaban J connectivity index is 1.20. The number of hydrogen-bond acceptors (Lipinski definition) is 10. The minimum Gasteiger partial charge on any atom is -0.476 e. The van der Waals surface area contributed by atoms with Gasteiger partial charge in [-0.2, -0.15) is 9.65 Å². The number of benzene rings is 2. The summed E-state index contributed by atoms with van der Waals surface area (Å²) >= 11 is 0. The third kappa shape index (κ3) is 6.71. The lowest BCUT2D eigenvalue weighted by Crippen LogP contribution is -2.43. The van der Waals surface area contributed by atoms with Crippen LogP contribution in [0.15, 0.2) is 48.9 Å². The molecule has 0 unspecified atom stereocenters. The normalized spacial score (nSPS) is 17.2. The van der Waals surface area contributed by atoms with Crippen LogP contribution in [0.25, 0.3) is 16.9 Å². The summed E-state index contributed by atoms with van der Waals surface area (Å²) in [6, 6.07) is 8.90. The number of imidazole rings is 1. The summed E-state index contributed by atoms with van der Waals surface area (Å²) in [7, 11) is 0. The van der Waals surface area contributed by atoms with E-state index < -0.39 is 29.9 Å². The number of amides is 2. The molecule has 15 heteroatoms. The van der Waals surface area contributed by atoms with Crippen molar-refractivity contribution in [2.24, 2.45) is 0 Å². The molecular formula is C31H30F2N8O5. The van der Waals surface area contributed by atoms with Crippen molar-refractivity contribution in [1.29, 1.82) is 5.26 Å². The van der Waals surface area contributed by atoms with Crippen molar-refractivity contribution in [3.63, 3.8) is 0 Å². The maximum absolute atomic E-state index is 14.9. The second kappa shape index (κ2) is 13.6. The zero-order chi connectivity index (χ0) is 32.8. The first-order valence-corrected chi connectivity index (χ1v) is 14.2. The summed E-state index contributed by atoms with van der Waals surface area (Å²) in [6.07, 6.45) is 4.78. The number of halogens is 2. The first-order valence-electron chi connectivity index (χ1n) is 14.2. The molecule has 5 rings (SSSR count). The van der Waals surface area contributed by atoms with Crippen molar-refractivity contribution in [2.45, 2.75) is 31.9 Å². The molecule has 2 atom stereocenters. The van der Waals surface area contributed by atoms with Gasteiger partial charge >= 0.3 is 0 Å². The number of nitrogens with one attached hydrogen (secondary N) is 4. The fourth-order valence-electron chi connectivity index (χ4n) is 5.18. The highest BCUT2D eigenvalue weighted by Gasteiger charge is 2.39. The second-order valence-corrected chi connectivity index (χ2v) is 10.8. The van der Waals surface area contributed by atoms with Crippen molar-refractivity contribution in [2.75, 3.05) is 31.6 Å². The van der Waals surface area contributed by atoms with Gasteiger partial charge in [0.05, 0.1) is 17.9 Å². The van der Waals surface area contributed by atoms with E-state index in [4.69, 9.17) is 14.7 Å². The number of carbonyl (C=O) groups excluding carboxylic acids is 3. The number of anilines is 2. The Morgan fingerprint density at radius 3 is 2.76 bits per heavy atom. The van der Waals surface area contributed by atoms with Crippen molar-refractivity contribution in [3.8, 4) is 23.1 Å². The van der Waals surface area contributed by atoms with E-state index in [1.165, 1.54) is 24.5 Å². The average Bonchev–Trinajstić information content (AvgIpc) is 3.65. The largest absolute Gasteiger partial charge is 0.476 e. The highest BCUT2D eigenvalue weighted by molar-refractivity contribution is 5.96. The quantitative estimate of drug-likeness (QED) is 0.134. The molecule has 238 valence electrons. The molecule has 3 heterocycles. The van der Waals surface area contributed by atoms with E-state index in [0.717, 1.165) is 0 Å². The van der Waals surface area contributed by atoms with Crippen LogP contribution >= 0.6 is 0 Å². The van der Waals surface area contributed by atoms with E-state index in [1.54, 1.807) is 48.7 Å². The number of nitriles is 1. The van der Waals surface area contributed by atoms with E-state index in [2.05, 4.69) is 31.2 Å². The number of rotatable bonds is 12. The van der Waals surface area contributed by atoms with E-state index in [0.29, 0.717) is 47.7 Å². The van der Waals surface area contributed by atoms with Crippen molar-refractivity contribution < 1.29 is 32.6 Å². The van der Waals surface area contributed by atoms with Gasteiger partial charge in [-0.15, -0.1) is 0 Å². The van der Waals surface area contributed by atoms with Crippen LogP contribution in [-0.4, -0.2) is 70.5 Å². The number of ether oxygens (including phenoxy) is 2. The van der Waals surface area contributed by atoms with Crippen LogP contribution in [0.1, 0.15) is 29.3 Å². The van der Waals surface area contributed by atoms with E-state index in [-0.39, 0.29) is 41.9 Å². The molecule has 1 saturated heterocycles. The summed E-state index contributed by atoms with van der Waals surface area (Å²) in [6.45, 7) is 4.26. The number of aryl methyl sites for hydroxylation is 1. The maximum atomic E-state index is 14.9. The van der Waals surface area contributed by atoms with Crippen molar-refractivity contribution in [1.82, 2.24) is 30.3 Å². The van der Waals surface area contributed by atoms with Crippen LogP contribution in [0, 0.1) is 29.9 Å². The number of aromatic nitrogens is 3. The van der Waals surface area contributed by atoms with E-state index >= 15 is 0 Å². The monoisotopic (exact) mass is 632 g/mol. The smallest absolute Gasteiger partial charge is 0.293 e. The summed E-state index contributed by atoms with van der Waals surface area (Å²) in [5.41, 5.74) is 1.54. The molecule has 4 aromatic rings. The standard InChI is InChI=1S/C31H30F2N8O5/c1-18-13-19(3-4-20(18)29(43)36-8-9-37-30(44)22-14-31(2,16-39-22)46-17-42)40-27-28-38-15-23(41(28)11-10-35-27)21-5-6-24(45-12-7-34)26(33)25(21)32/h3-6,10-11,13,15,17,22,39H,8-9,12,14,16H2,1-2H3,(H,35,40)(H,36,43)(H,37,44)/t22-,31-/m0/s1. The Morgan fingerprint density at radius 2 is 2.00 bits per heavy atom. The molecule has 1 fully saturated rings. The third-order valence-electron chi connectivity index (χ3n) is 7.49. The molecule has 13 nitrogen and oxygen atoms in total. The summed E-state index contributed by atoms with van der Waals surface area (Å²) in [5, 5.41) is 20.4. The van der Waals surface area contributed by atoms with Crippen LogP contribution in [0.4, 0.5) is 20.3 Å². The van der Waals surface area contributed by atoms with E-state index in [1.807, 2.05) is 0 Å². The van der Waals surface area contributed by atoms with E-state index in [9.17, 15) is 23.2 Å². The summed E-state index contributed by atoms with van der Waals surface area (Å²) < 4.78 is 41.1. The molecule has 2 aromatic heterocycles. The minimum atomic E-state index is -1.21. The van der Waals surface area contributed by atoms with Gasteiger partial charge in [-0.1, -0.05) is 0 Å². The third-order valence-corrected chi connectivity index (χ3v) is 7.49. The number of carbonyl (C=O) groups is 3. The Morgan fingerprint density at radius 1 is 1.20 bits per heavy atom. The molecule has 0 spiro atoms. The molecule has 1 aliphatic rings. The molecular weight excluding hydrogens is 602 g/mol. The fourth-order valence-corrected chi connectivity index (χ4v) is 5.18. The van der Waals surface area contributed by atoms with Gasteiger partial charge in [-0.25, -0.2) is 14.4 Å². The molecule has 0 aliphatic carbocycles. The molecule has 1 aliphatic heterocycles. The first kappa shape index (κ1) is 31.8. The molecule has 0 saturated carbocycles. The summed E-state index contributed by atoms with van der Waals surface area (Å²) in [5.74, 6) is -2.95. The van der Waals surface area contributed by atoms with Crippen LogP contribution < -0.4 is 26.0 Å². The van der Waals surface area contributed by atoms with Gasteiger partial charge < -0.3 is 30.7 Å². The van der Waals surface area contributed by atoms with Gasteiger partial charge in [0, 0.05) is 55.3 Å². The summed E-state index contributed by atoms with van der Waals surface area (Å²) in [4.78, 5) is 44.6. The molecule has 0 radical (unpaired) electrons. The molecule has 46 heavy (non-hydrogen) atoms. The molecule has 0 bridgehead atoms. The molecule has 2 aromatic carbocycles. The van der Waals surface area contributed by atoms with Crippen LogP contribution in [-0.2, 0) is 14.3 Å². The Bertz CT molecular complexity index is 1840. The topological polar surface area (TPSA) is 172 Å². The van der Waals surface area contributed by atoms with Crippen LogP contribution in [0.5, 0.6) is 5.75 Å². The lowest BCUT2D eigenvalue weighted by atomic mass is 10.0. The molecule has 4 N–H and O–H groups in total. The Kier molecular flexibility index (Phi) is 9.38. The van der Waals surface area contributed by atoms with Gasteiger partial charge in [0.15, 0.2) is 29.6 Å². The zero-order valence-electron chi connectivity index (χ0n) is 24.9. The average molecular weight is 633 g/mol.